The summed E-state index contributed by atoms with van der Waals surface area (Å²) in [6.45, 7) is 0. The van der Waals surface area contributed by atoms with Gasteiger partial charge in [-0.25, -0.2) is 4.79 Å². The minimum absolute atomic E-state index is 0.0429. The molecule has 3 aromatic rings. The van der Waals surface area contributed by atoms with Gasteiger partial charge in [-0.15, -0.1) is 10.2 Å². The van der Waals surface area contributed by atoms with Crippen LogP contribution in [0.1, 0.15) is 25.7 Å². The molecule has 0 aliphatic heterocycles. The van der Waals surface area contributed by atoms with Crippen molar-refractivity contribution in [1.82, 2.24) is 25.4 Å². The molecule has 0 unspecified atom stereocenters. The van der Waals surface area contributed by atoms with Gasteiger partial charge in [0, 0.05) is 11.7 Å². The maximum absolute atomic E-state index is 12.2. The lowest BCUT2D eigenvalue weighted by Crippen LogP contribution is -2.44. The quantitative estimate of drug-likeness (QED) is 0.603. The minimum Gasteiger partial charge on any atom is -0.461 e. The van der Waals surface area contributed by atoms with Crippen LogP contribution in [0.2, 0.25) is 0 Å². The molecule has 1 saturated carbocycles. The van der Waals surface area contributed by atoms with Crippen molar-refractivity contribution in [1.29, 1.82) is 0 Å². The Bertz CT molecular complexity index is 965. The average Bonchev–Trinajstić information content (AvgIpc) is 3.48. The van der Waals surface area contributed by atoms with E-state index in [1.165, 1.54) is 11.8 Å². The number of hydrogen-bond donors (Lipinski definition) is 2. The third-order valence-corrected chi connectivity index (χ3v) is 5.59. The molecule has 1 fully saturated rings. The predicted molar refractivity (Wildman–Crippen MR) is 109 cm³/mol. The van der Waals surface area contributed by atoms with Crippen LogP contribution in [0, 0.1) is 0 Å². The first-order valence-electron chi connectivity index (χ1n) is 9.48. The molecule has 4 rings (SSSR count). The Hall–Kier alpha value is -3.07. The lowest BCUT2D eigenvalue weighted by atomic mass is 10.2. The fraction of sp³-hybridized carbons (Fsp3) is 0.300. The van der Waals surface area contributed by atoms with Gasteiger partial charge >= 0.3 is 6.03 Å². The van der Waals surface area contributed by atoms with Gasteiger partial charge in [0.1, 0.15) is 0 Å². The maximum Gasteiger partial charge on any atom is 0.321 e. The Morgan fingerprint density at radius 3 is 2.62 bits per heavy atom. The highest BCUT2D eigenvalue weighted by Crippen LogP contribution is 2.28. The summed E-state index contributed by atoms with van der Waals surface area (Å²) in [4.78, 5) is 24.2. The van der Waals surface area contributed by atoms with E-state index in [-0.39, 0.29) is 17.7 Å². The van der Waals surface area contributed by atoms with Crippen LogP contribution in [0.4, 0.5) is 4.79 Å². The van der Waals surface area contributed by atoms with Crippen LogP contribution in [0.15, 0.2) is 58.3 Å². The molecule has 1 aliphatic carbocycles. The van der Waals surface area contributed by atoms with E-state index in [4.69, 9.17) is 4.42 Å². The summed E-state index contributed by atoms with van der Waals surface area (Å²) in [5.74, 6) is 0.783. The van der Waals surface area contributed by atoms with Gasteiger partial charge in [0.05, 0.1) is 12.0 Å². The summed E-state index contributed by atoms with van der Waals surface area (Å²) in [7, 11) is 0. The van der Waals surface area contributed by atoms with E-state index in [9.17, 15) is 9.59 Å². The van der Waals surface area contributed by atoms with Crippen LogP contribution in [0.25, 0.3) is 17.3 Å². The zero-order chi connectivity index (χ0) is 20.1. The molecule has 150 valence electrons. The molecule has 0 spiro atoms. The number of furan rings is 1. The molecule has 2 heterocycles. The van der Waals surface area contributed by atoms with E-state index in [1.54, 1.807) is 18.4 Å². The second-order valence-corrected chi connectivity index (χ2v) is 7.69. The van der Waals surface area contributed by atoms with E-state index in [0.29, 0.717) is 16.7 Å². The van der Waals surface area contributed by atoms with Gasteiger partial charge in [0.15, 0.2) is 10.9 Å². The maximum atomic E-state index is 12.2. The van der Waals surface area contributed by atoms with Crippen molar-refractivity contribution < 1.29 is 14.0 Å². The Morgan fingerprint density at radius 2 is 1.90 bits per heavy atom. The number of urea groups is 1. The number of carbonyl (C=O) groups excluding carboxylic acids is 2. The standard InChI is InChI=1S/C20H21N5O3S/c26-17(22-19(27)21-14-7-4-5-8-14)13-29-20-24-23-18(16-11-6-12-28-16)25(20)15-9-2-1-3-10-15/h1-3,6,9-12,14H,4-5,7-8,13H2,(H2,21,22,26,27). The second-order valence-electron chi connectivity index (χ2n) is 6.75. The van der Waals surface area contributed by atoms with Gasteiger partial charge in [-0.3, -0.25) is 14.7 Å². The molecule has 29 heavy (non-hydrogen) atoms. The summed E-state index contributed by atoms with van der Waals surface area (Å²) in [6, 6.07) is 12.9. The molecule has 3 amide bonds. The lowest BCUT2D eigenvalue weighted by molar-refractivity contribution is -0.117. The largest absolute Gasteiger partial charge is 0.461 e. The first kappa shape index (κ1) is 19.3. The Balaban J connectivity index is 1.44. The number of aromatic nitrogens is 3. The van der Waals surface area contributed by atoms with Crippen LogP contribution < -0.4 is 10.6 Å². The summed E-state index contributed by atoms with van der Waals surface area (Å²) in [6.07, 6.45) is 5.73. The van der Waals surface area contributed by atoms with Crippen molar-refractivity contribution in [2.24, 2.45) is 0 Å². The van der Waals surface area contributed by atoms with Gasteiger partial charge in [-0.2, -0.15) is 0 Å². The zero-order valence-corrected chi connectivity index (χ0v) is 16.5. The van der Waals surface area contributed by atoms with E-state index in [1.807, 2.05) is 34.9 Å². The highest BCUT2D eigenvalue weighted by atomic mass is 32.2. The number of carbonyl (C=O) groups is 2. The van der Waals surface area contributed by atoms with Crippen LogP contribution in [-0.2, 0) is 4.79 Å². The lowest BCUT2D eigenvalue weighted by Gasteiger charge is -2.12. The normalized spacial score (nSPS) is 14.1. The van der Waals surface area contributed by atoms with Crippen molar-refractivity contribution in [3.05, 3.63) is 48.7 Å². The molecule has 0 radical (unpaired) electrons. The van der Waals surface area contributed by atoms with Gasteiger partial charge in [-0.1, -0.05) is 42.8 Å². The van der Waals surface area contributed by atoms with Crippen molar-refractivity contribution in [2.75, 3.05) is 5.75 Å². The summed E-state index contributed by atoms with van der Waals surface area (Å²) < 4.78 is 7.30. The van der Waals surface area contributed by atoms with Gasteiger partial charge in [0.2, 0.25) is 11.7 Å². The predicted octanol–water partition coefficient (Wildman–Crippen LogP) is 3.39. The van der Waals surface area contributed by atoms with E-state index in [0.717, 1.165) is 31.4 Å². The highest BCUT2D eigenvalue weighted by Gasteiger charge is 2.21. The first-order chi connectivity index (χ1) is 14.2. The number of nitrogens with zero attached hydrogens (tertiary/aromatic N) is 3. The fourth-order valence-electron chi connectivity index (χ4n) is 3.32. The van der Waals surface area contributed by atoms with Crippen molar-refractivity contribution in [2.45, 2.75) is 36.9 Å². The van der Waals surface area contributed by atoms with E-state index < -0.39 is 6.03 Å². The second kappa shape index (κ2) is 8.95. The van der Waals surface area contributed by atoms with Crippen molar-refractivity contribution in [3.8, 4) is 17.3 Å². The number of benzene rings is 1. The smallest absolute Gasteiger partial charge is 0.321 e. The summed E-state index contributed by atoms with van der Waals surface area (Å²) >= 11 is 1.21. The number of amides is 3. The van der Waals surface area contributed by atoms with Crippen molar-refractivity contribution in [3.63, 3.8) is 0 Å². The summed E-state index contributed by atoms with van der Waals surface area (Å²) in [5, 5.41) is 14.2. The molecule has 1 aromatic carbocycles. The number of nitrogens with one attached hydrogen (secondary N) is 2. The fourth-order valence-corrected chi connectivity index (χ4v) is 4.07. The molecular formula is C20H21N5O3S. The number of rotatable bonds is 6. The molecule has 9 heteroatoms. The highest BCUT2D eigenvalue weighted by molar-refractivity contribution is 7.99. The number of para-hydroxylation sites is 1. The Labute approximate surface area is 172 Å². The van der Waals surface area contributed by atoms with Crippen LogP contribution >= 0.6 is 11.8 Å². The van der Waals surface area contributed by atoms with Crippen LogP contribution in [-0.4, -0.2) is 38.5 Å². The van der Waals surface area contributed by atoms with Crippen LogP contribution in [0.5, 0.6) is 0 Å². The monoisotopic (exact) mass is 411 g/mol. The van der Waals surface area contributed by atoms with E-state index in [2.05, 4.69) is 20.8 Å². The molecule has 2 aromatic heterocycles. The third kappa shape index (κ3) is 4.68. The van der Waals surface area contributed by atoms with Gasteiger partial charge in [-0.05, 0) is 37.1 Å². The Morgan fingerprint density at radius 1 is 1.10 bits per heavy atom. The molecule has 0 atom stereocenters. The minimum atomic E-state index is -0.441. The molecule has 0 saturated heterocycles. The third-order valence-electron chi connectivity index (χ3n) is 4.67. The number of hydrogen-bond acceptors (Lipinski definition) is 6. The first-order valence-corrected chi connectivity index (χ1v) is 10.5. The van der Waals surface area contributed by atoms with Crippen LogP contribution in [0.3, 0.4) is 0 Å². The SMILES string of the molecule is O=C(CSc1nnc(-c2ccco2)n1-c1ccccc1)NC(=O)NC1CCCC1. The molecule has 8 nitrogen and oxygen atoms in total. The van der Waals surface area contributed by atoms with E-state index >= 15 is 0 Å². The zero-order valence-electron chi connectivity index (χ0n) is 15.7. The Kier molecular flexibility index (Phi) is 5.95. The van der Waals surface area contributed by atoms with Gasteiger partial charge in [0.25, 0.3) is 0 Å². The molecule has 2 N–H and O–H groups in total. The topological polar surface area (TPSA) is 102 Å². The molecule has 0 bridgehead atoms. The number of thioether (sulfide) groups is 1. The average molecular weight is 411 g/mol. The molecule has 1 aliphatic rings. The molecular weight excluding hydrogens is 390 g/mol. The number of imide groups is 1. The van der Waals surface area contributed by atoms with Crippen molar-refractivity contribution >= 4 is 23.7 Å². The summed E-state index contributed by atoms with van der Waals surface area (Å²) in [5.41, 5.74) is 0.853. The van der Waals surface area contributed by atoms with Gasteiger partial charge < -0.3 is 9.73 Å².